The van der Waals surface area contributed by atoms with Crippen molar-refractivity contribution in [1.29, 1.82) is 0 Å². The molecule has 0 fully saturated rings. The van der Waals surface area contributed by atoms with Crippen LogP contribution < -0.4 is 10.1 Å². The molecule has 1 atom stereocenters. The van der Waals surface area contributed by atoms with E-state index in [1.54, 1.807) is 0 Å². The standard InChI is InChI=1S/C26H29N3O2/c1-4-31-26-13-12-20(14-22(26)17-30)15-27-18(2)24-16-28-29(19(24)3)25-11-7-9-21-8-5-6-10-23(21)25/h5-14,16,18,27,30H,4,15,17H2,1-3H3. The van der Waals surface area contributed by atoms with Crippen LogP contribution in [0.15, 0.2) is 66.9 Å². The lowest BCUT2D eigenvalue weighted by Gasteiger charge is -2.16. The fraction of sp³-hybridized carbons (Fsp3) is 0.269. The summed E-state index contributed by atoms with van der Waals surface area (Å²) in [6.07, 6.45) is 1.95. The summed E-state index contributed by atoms with van der Waals surface area (Å²) >= 11 is 0. The van der Waals surface area contributed by atoms with Gasteiger partial charge in [-0.05, 0) is 49.9 Å². The number of aromatic nitrogens is 2. The van der Waals surface area contributed by atoms with Gasteiger partial charge < -0.3 is 15.2 Å². The second-order valence-corrected chi connectivity index (χ2v) is 7.73. The van der Waals surface area contributed by atoms with Gasteiger partial charge in [0.2, 0.25) is 0 Å². The van der Waals surface area contributed by atoms with Crippen LogP contribution in [-0.2, 0) is 13.2 Å². The van der Waals surface area contributed by atoms with E-state index in [2.05, 4.69) is 61.6 Å². The van der Waals surface area contributed by atoms with E-state index in [1.807, 2.05) is 36.0 Å². The van der Waals surface area contributed by atoms with Gasteiger partial charge in [0.25, 0.3) is 0 Å². The summed E-state index contributed by atoms with van der Waals surface area (Å²) in [6.45, 7) is 7.46. The molecule has 4 aromatic rings. The van der Waals surface area contributed by atoms with Crippen LogP contribution in [0.5, 0.6) is 5.75 Å². The normalized spacial score (nSPS) is 12.3. The second kappa shape index (κ2) is 9.33. The smallest absolute Gasteiger partial charge is 0.124 e. The van der Waals surface area contributed by atoms with Crippen LogP contribution in [0.1, 0.15) is 42.3 Å². The summed E-state index contributed by atoms with van der Waals surface area (Å²) in [4.78, 5) is 0. The van der Waals surface area contributed by atoms with Crippen LogP contribution in [0.4, 0.5) is 0 Å². The Labute approximate surface area is 183 Å². The molecular weight excluding hydrogens is 386 g/mol. The molecule has 0 bridgehead atoms. The van der Waals surface area contributed by atoms with Gasteiger partial charge in [-0.1, -0.05) is 42.5 Å². The van der Waals surface area contributed by atoms with Crippen molar-refractivity contribution in [2.45, 2.75) is 40.0 Å². The average Bonchev–Trinajstić information content (AvgIpc) is 3.19. The molecule has 0 saturated carbocycles. The Balaban J connectivity index is 1.53. The molecule has 0 aliphatic rings. The summed E-state index contributed by atoms with van der Waals surface area (Å²) in [5, 5.41) is 20.3. The first-order valence-corrected chi connectivity index (χ1v) is 10.7. The van der Waals surface area contributed by atoms with Gasteiger partial charge in [-0.25, -0.2) is 4.68 Å². The maximum Gasteiger partial charge on any atom is 0.124 e. The summed E-state index contributed by atoms with van der Waals surface area (Å²) in [6, 6.07) is 20.8. The third kappa shape index (κ3) is 4.33. The Morgan fingerprint density at radius 3 is 2.71 bits per heavy atom. The Hall–Kier alpha value is -3.15. The van der Waals surface area contributed by atoms with Crippen LogP contribution in [0.25, 0.3) is 16.5 Å². The van der Waals surface area contributed by atoms with Crippen molar-refractivity contribution in [1.82, 2.24) is 15.1 Å². The van der Waals surface area contributed by atoms with Crippen molar-refractivity contribution in [3.05, 3.63) is 89.2 Å². The van der Waals surface area contributed by atoms with E-state index >= 15 is 0 Å². The molecular formula is C26H29N3O2. The van der Waals surface area contributed by atoms with Gasteiger partial charge in [-0.15, -0.1) is 0 Å². The minimum absolute atomic E-state index is 0.0321. The molecule has 1 aromatic heterocycles. The number of rotatable bonds is 8. The highest BCUT2D eigenvalue weighted by Gasteiger charge is 2.15. The first-order valence-electron chi connectivity index (χ1n) is 10.7. The predicted molar refractivity (Wildman–Crippen MR) is 125 cm³/mol. The molecule has 0 radical (unpaired) electrons. The van der Waals surface area contributed by atoms with Crippen LogP contribution in [0.3, 0.4) is 0 Å². The van der Waals surface area contributed by atoms with Gasteiger partial charge in [0.15, 0.2) is 0 Å². The highest BCUT2D eigenvalue weighted by Crippen LogP contribution is 2.26. The zero-order valence-electron chi connectivity index (χ0n) is 18.3. The van der Waals surface area contributed by atoms with Gasteiger partial charge in [-0.2, -0.15) is 5.10 Å². The minimum atomic E-state index is -0.0321. The average molecular weight is 416 g/mol. The predicted octanol–water partition coefficient (Wildman–Crippen LogP) is 5.08. The molecule has 0 aliphatic carbocycles. The molecule has 5 nitrogen and oxygen atoms in total. The first kappa shape index (κ1) is 21.1. The Morgan fingerprint density at radius 2 is 1.90 bits per heavy atom. The molecule has 31 heavy (non-hydrogen) atoms. The molecule has 5 heteroatoms. The largest absolute Gasteiger partial charge is 0.494 e. The van der Waals surface area contributed by atoms with Crippen LogP contribution in [0, 0.1) is 6.92 Å². The number of nitrogens with zero attached hydrogens (tertiary/aromatic N) is 2. The Morgan fingerprint density at radius 1 is 1.10 bits per heavy atom. The number of hydrogen-bond donors (Lipinski definition) is 2. The quantitative estimate of drug-likeness (QED) is 0.422. The number of aliphatic hydroxyl groups is 1. The lowest BCUT2D eigenvalue weighted by Crippen LogP contribution is -2.19. The van der Waals surface area contributed by atoms with Gasteiger partial charge in [0.1, 0.15) is 5.75 Å². The van der Waals surface area contributed by atoms with Gasteiger partial charge in [0.05, 0.1) is 25.1 Å². The zero-order valence-corrected chi connectivity index (χ0v) is 18.3. The van der Waals surface area contributed by atoms with Crippen LogP contribution >= 0.6 is 0 Å². The summed E-state index contributed by atoms with van der Waals surface area (Å²) in [7, 11) is 0. The van der Waals surface area contributed by atoms with Crippen LogP contribution in [-0.4, -0.2) is 21.5 Å². The molecule has 0 spiro atoms. The van der Waals surface area contributed by atoms with E-state index in [4.69, 9.17) is 9.84 Å². The summed E-state index contributed by atoms with van der Waals surface area (Å²) in [5.41, 5.74) is 5.31. The fourth-order valence-corrected chi connectivity index (χ4v) is 4.03. The van der Waals surface area contributed by atoms with E-state index in [0.29, 0.717) is 13.2 Å². The van der Waals surface area contributed by atoms with E-state index in [1.165, 1.54) is 16.3 Å². The number of nitrogens with one attached hydrogen (secondary N) is 1. The summed E-state index contributed by atoms with van der Waals surface area (Å²) < 4.78 is 7.60. The monoisotopic (exact) mass is 415 g/mol. The molecule has 1 unspecified atom stereocenters. The molecule has 3 aromatic carbocycles. The highest BCUT2D eigenvalue weighted by molar-refractivity contribution is 5.90. The maximum atomic E-state index is 9.64. The van der Waals surface area contributed by atoms with Crippen molar-refractivity contribution >= 4 is 10.8 Å². The summed E-state index contributed by atoms with van der Waals surface area (Å²) in [5.74, 6) is 0.744. The third-order valence-electron chi connectivity index (χ3n) is 5.72. The second-order valence-electron chi connectivity index (χ2n) is 7.73. The molecule has 4 rings (SSSR count). The van der Waals surface area contributed by atoms with Crippen molar-refractivity contribution in [2.24, 2.45) is 0 Å². The van der Waals surface area contributed by atoms with E-state index in [0.717, 1.165) is 28.3 Å². The maximum absolute atomic E-state index is 9.64. The first-order chi connectivity index (χ1) is 15.1. The molecule has 160 valence electrons. The van der Waals surface area contributed by atoms with Crippen molar-refractivity contribution in [3.63, 3.8) is 0 Å². The number of aliphatic hydroxyl groups excluding tert-OH is 1. The van der Waals surface area contributed by atoms with Gasteiger partial charge in [0, 0.05) is 34.8 Å². The molecule has 1 heterocycles. The lowest BCUT2D eigenvalue weighted by atomic mass is 10.1. The molecule has 0 saturated heterocycles. The number of fused-ring (bicyclic) bond motifs is 1. The van der Waals surface area contributed by atoms with E-state index in [-0.39, 0.29) is 12.6 Å². The van der Waals surface area contributed by atoms with Crippen LogP contribution in [0.2, 0.25) is 0 Å². The Kier molecular flexibility index (Phi) is 6.35. The number of ether oxygens (including phenoxy) is 1. The zero-order chi connectivity index (χ0) is 21.8. The number of hydrogen-bond acceptors (Lipinski definition) is 4. The van der Waals surface area contributed by atoms with Crippen molar-refractivity contribution < 1.29 is 9.84 Å². The highest BCUT2D eigenvalue weighted by atomic mass is 16.5. The molecule has 2 N–H and O–H groups in total. The van der Waals surface area contributed by atoms with E-state index in [9.17, 15) is 5.11 Å². The SMILES string of the molecule is CCOc1ccc(CNC(C)c2cnn(-c3cccc4ccccc34)c2C)cc1CO. The molecule has 0 aliphatic heterocycles. The molecule has 0 amide bonds. The van der Waals surface area contributed by atoms with Gasteiger partial charge >= 0.3 is 0 Å². The third-order valence-corrected chi connectivity index (χ3v) is 5.72. The van der Waals surface area contributed by atoms with E-state index < -0.39 is 0 Å². The van der Waals surface area contributed by atoms with Crippen molar-refractivity contribution in [2.75, 3.05) is 6.61 Å². The van der Waals surface area contributed by atoms with Crippen molar-refractivity contribution in [3.8, 4) is 11.4 Å². The fourth-order valence-electron chi connectivity index (χ4n) is 4.03. The van der Waals surface area contributed by atoms with Gasteiger partial charge in [-0.3, -0.25) is 0 Å². The minimum Gasteiger partial charge on any atom is -0.494 e. The number of benzene rings is 3. The topological polar surface area (TPSA) is 59.3 Å². The lowest BCUT2D eigenvalue weighted by molar-refractivity contribution is 0.267. The Bertz CT molecular complexity index is 1180.